The van der Waals surface area contributed by atoms with Crippen molar-refractivity contribution in [3.8, 4) is 5.75 Å². The molecule has 2 rings (SSSR count). The summed E-state index contributed by atoms with van der Waals surface area (Å²) in [6.07, 6.45) is -0.504. The molecule has 1 unspecified atom stereocenters. The Balaban J connectivity index is 2.26. The Morgan fingerprint density at radius 3 is 2.58 bits per heavy atom. The molecule has 100 valence electrons. The van der Waals surface area contributed by atoms with Crippen molar-refractivity contribution < 1.29 is 13.5 Å². The van der Waals surface area contributed by atoms with E-state index in [4.69, 9.17) is 10.5 Å². The highest BCUT2D eigenvalue weighted by Crippen LogP contribution is 2.25. The molecule has 2 aromatic carbocycles. The van der Waals surface area contributed by atoms with Crippen LogP contribution in [0.4, 0.5) is 8.78 Å². The van der Waals surface area contributed by atoms with Gasteiger partial charge in [-0.15, -0.1) is 0 Å². The molecule has 0 amide bonds. The molecule has 2 aromatic rings. The number of hydrogen-bond acceptors (Lipinski definition) is 2. The van der Waals surface area contributed by atoms with E-state index in [1.54, 1.807) is 0 Å². The Hall–Kier alpha value is -1.94. The van der Waals surface area contributed by atoms with E-state index in [-0.39, 0.29) is 12.3 Å². The molecule has 0 aliphatic carbocycles. The number of aryl methyl sites for hydroxylation is 1. The number of nitrogens with two attached hydrogens (primary N) is 1. The molecule has 0 fully saturated rings. The van der Waals surface area contributed by atoms with Gasteiger partial charge in [-0.3, -0.25) is 0 Å². The van der Waals surface area contributed by atoms with Gasteiger partial charge in [0, 0.05) is 6.54 Å². The minimum absolute atomic E-state index is 0.128. The molecule has 0 aliphatic heterocycles. The second-order valence-corrected chi connectivity index (χ2v) is 4.31. The first-order valence-corrected chi connectivity index (χ1v) is 5.99. The molecular formula is C15H15F2NO. The normalized spacial score (nSPS) is 12.2. The quantitative estimate of drug-likeness (QED) is 0.918. The number of halogens is 2. The summed E-state index contributed by atoms with van der Waals surface area (Å²) < 4.78 is 32.1. The first-order valence-electron chi connectivity index (χ1n) is 5.99. The van der Waals surface area contributed by atoms with E-state index in [9.17, 15) is 8.78 Å². The molecule has 4 heteroatoms. The van der Waals surface area contributed by atoms with E-state index in [2.05, 4.69) is 0 Å². The highest BCUT2D eigenvalue weighted by Gasteiger charge is 2.16. The predicted octanol–water partition coefficient (Wildman–Crippen LogP) is 3.35. The second-order valence-electron chi connectivity index (χ2n) is 4.31. The Morgan fingerprint density at radius 2 is 1.89 bits per heavy atom. The summed E-state index contributed by atoms with van der Waals surface area (Å²) in [6, 6.07) is 11.4. The molecule has 19 heavy (non-hydrogen) atoms. The Bertz CT molecular complexity index is 572. The third-order valence-electron chi connectivity index (χ3n) is 2.81. The lowest BCUT2D eigenvalue weighted by Crippen LogP contribution is -2.19. The molecule has 0 saturated carbocycles. The van der Waals surface area contributed by atoms with Crippen LogP contribution in [0.25, 0.3) is 0 Å². The maximum Gasteiger partial charge on any atom is 0.200 e. The number of ether oxygens (including phenoxy) is 1. The second kappa shape index (κ2) is 5.80. The summed E-state index contributed by atoms with van der Waals surface area (Å²) in [4.78, 5) is 0. The van der Waals surface area contributed by atoms with Gasteiger partial charge in [0.25, 0.3) is 0 Å². The molecule has 1 atom stereocenters. The van der Waals surface area contributed by atoms with Crippen LogP contribution in [-0.4, -0.2) is 6.54 Å². The summed E-state index contributed by atoms with van der Waals surface area (Å²) in [5, 5.41) is 0. The lowest BCUT2D eigenvalue weighted by molar-refractivity contribution is 0.202. The first kappa shape index (κ1) is 13.5. The van der Waals surface area contributed by atoms with Crippen LogP contribution in [0.3, 0.4) is 0 Å². The van der Waals surface area contributed by atoms with Gasteiger partial charge in [-0.25, -0.2) is 4.39 Å². The molecule has 2 N–H and O–H groups in total. The van der Waals surface area contributed by atoms with E-state index < -0.39 is 17.7 Å². The largest absolute Gasteiger partial charge is 0.481 e. The van der Waals surface area contributed by atoms with Gasteiger partial charge in [0.2, 0.25) is 5.82 Å². The van der Waals surface area contributed by atoms with Crippen LogP contribution in [-0.2, 0) is 0 Å². The van der Waals surface area contributed by atoms with Crippen molar-refractivity contribution in [1.29, 1.82) is 0 Å². The van der Waals surface area contributed by atoms with E-state index >= 15 is 0 Å². The number of rotatable bonds is 4. The fourth-order valence-corrected chi connectivity index (χ4v) is 1.85. The van der Waals surface area contributed by atoms with Crippen LogP contribution in [0.2, 0.25) is 0 Å². The average molecular weight is 263 g/mol. The molecule has 0 radical (unpaired) electrons. The lowest BCUT2D eigenvalue weighted by Gasteiger charge is -2.18. The molecule has 0 aliphatic rings. The third kappa shape index (κ3) is 3.09. The van der Waals surface area contributed by atoms with Crippen LogP contribution >= 0.6 is 0 Å². The monoisotopic (exact) mass is 263 g/mol. The van der Waals surface area contributed by atoms with Crippen molar-refractivity contribution in [3.05, 3.63) is 65.2 Å². The summed E-state index contributed by atoms with van der Waals surface area (Å²) in [5.74, 6) is -2.05. The fraction of sp³-hybridized carbons (Fsp3) is 0.200. The van der Waals surface area contributed by atoms with Gasteiger partial charge in [0.05, 0.1) is 0 Å². The zero-order chi connectivity index (χ0) is 13.8. The fourth-order valence-electron chi connectivity index (χ4n) is 1.85. The average Bonchev–Trinajstić information content (AvgIpc) is 2.40. The van der Waals surface area contributed by atoms with E-state index in [0.717, 1.165) is 17.2 Å². The zero-order valence-corrected chi connectivity index (χ0v) is 10.6. The van der Waals surface area contributed by atoms with E-state index in [0.29, 0.717) is 0 Å². The Kier molecular flexibility index (Phi) is 4.12. The van der Waals surface area contributed by atoms with Crippen LogP contribution in [0, 0.1) is 18.6 Å². The van der Waals surface area contributed by atoms with Crippen molar-refractivity contribution >= 4 is 0 Å². The van der Waals surface area contributed by atoms with Crippen molar-refractivity contribution in [1.82, 2.24) is 0 Å². The van der Waals surface area contributed by atoms with Gasteiger partial charge < -0.3 is 10.5 Å². The van der Waals surface area contributed by atoms with Gasteiger partial charge in [-0.2, -0.15) is 4.39 Å². The van der Waals surface area contributed by atoms with Gasteiger partial charge in [0.1, 0.15) is 6.10 Å². The number of benzene rings is 2. The van der Waals surface area contributed by atoms with Gasteiger partial charge >= 0.3 is 0 Å². The van der Waals surface area contributed by atoms with Crippen molar-refractivity contribution in [3.63, 3.8) is 0 Å². The summed E-state index contributed by atoms with van der Waals surface area (Å²) in [7, 11) is 0. The smallest absolute Gasteiger partial charge is 0.200 e. The van der Waals surface area contributed by atoms with Crippen molar-refractivity contribution in [2.24, 2.45) is 5.73 Å². The first-order chi connectivity index (χ1) is 9.11. The SMILES string of the molecule is Cc1cccc(C(CN)Oc2cccc(F)c2F)c1. The highest BCUT2D eigenvalue weighted by molar-refractivity contribution is 5.29. The van der Waals surface area contributed by atoms with Gasteiger partial charge in [-0.05, 0) is 24.6 Å². The number of hydrogen-bond donors (Lipinski definition) is 1. The molecule has 0 aromatic heterocycles. The van der Waals surface area contributed by atoms with Crippen molar-refractivity contribution in [2.45, 2.75) is 13.0 Å². The Morgan fingerprint density at radius 1 is 1.16 bits per heavy atom. The Labute approximate surface area is 110 Å². The summed E-state index contributed by atoms with van der Waals surface area (Å²) in [5.41, 5.74) is 7.54. The third-order valence-corrected chi connectivity index (χ3v) is 2.81. The molecule has 0 saturated heterocycles. The zero-order valence-electron chi connectivity index (χ0n) is 10.6. The maximum absolute atomic E-state index is 13.6. The van der Waals surface area contributed by atoms with E-state index in [1.807, 2.05) is 31.2 Å². The molecule has 0 spiro atoms. The van der Waals surface area contributed by atoms with E-state index in [1.165, 1.54) is 12.1 Å². The minimum Gasteiger partial charge on any atom is -0.481 e. The molecule has 0 heterocycles. The predicted molar refractivity (Wildman–Crippen MR) is 70.0 cm³/mol. The van der Waals surface area contributed by atoms with Crippen LogP contribution in [0.5, 0.6) is 5.75 Å². The summed E-state index contributed by atoms with van der Waals surface area (Å²) in [6.45, 7) is 2.12. The maximum atomic E-state index is 13.6. The van der Waals surface area contributed by atoms with Crippen LogP contribution < -0.4 is 10.5 Å². The lowest BCUT2D eigenvalue weighted by atomic mass is 10.1. The molecule has 0 bridgehead atoms. The standard InChI is InChI=1S/C15H15F2NO/c1-10-4-2-5-11(8-10)14(9-18)19-13-7-3-6-12(16)15(13)17/h2-8,14H,9,18H2,1H3. The van der Waals surface area contributed by atoms with Gasteiger partial charge in [0.15, 0.2) is 11.6 Å². The highest BCUT2D eigenvalue weighted by atomic mass is 19.2. The minimum atomic E-state index is -0.992. The topological polar surface area (TPSA) is 35.2 Å². The summed E-state index contributed by atoms with van der Waals surface area (Å²) >= 11 is 0. The molecule has 2 nitrogen and oxygen atoms in total. The van der Waals surface area contributed by atoms with Crippen LogP contribution in [0.15, 0.2) is 42.5 Å². The van der Waals surface area contributed by atoms with Gasteiger partial charge in [-0.1, -0.05) is 35.9 Å². The van der Waals surface area contributed by atoms with Crippen LogP contribution in [0.1, 0.15) is 17.2 Å². The molecular weight excluding hydrogens is 248 g/mol. The van der Waals surface area contributed by atoms with Crippen molar-refractivity contribution in [2.75, 3.05) is 6.54 Å².